The average Bonchev–Trinajstić information content (AvgIpc) is 2.24. The molecule has 0 amide bonds. The number of nitrogens with zero attached hydrogens (tertiary/aromatic N) is 1. The number of hydrogen-bond acceptors (Lipinski definition) is 3. The molecule has 1 aliphatic heterocycles. The second-order valence-electron chi connectivity index (χ2n) is 5.12. The summed E-state index contributed by atoms with van der Waals surface area (Å²) in [4.78, 5) is 2.47. The SMILES string of the molecule is CCC(CS(=O)[O-])C(C)N1CCCC(C)C1. The van der Waals surface area contributed by atoms with Gasteiger partial charge in [-0.2, -0.15) is 0 Å². The monoisotopic (exact) mass is 246 g/mol. The predicted octanol–water partition coefficient (Wildman–Crippen LogP) is 2.01. The molecule has 1 rings (SSSR count). The van der Waals surface area contributed by atoms with Gasteiger partial charge in [0.2, 0.25) is 0 Å². The summed E-state index contributed by atoms with van der Waals surface area (Å²) >= 11 is -1.91. The van der Waals surface area contributed by atoms with E-state index in [0.29, 0.717) is 11.8 Å². The lowest BCUT2D eigenvalue weighted by Crippen LogP contribution is -2.45. The summed E-state index contributed by atoms with van der Waals surface area (Å²) in [5.41, 5.74) is 0. The van der Waals surface area contributed by atoms with Gasteiger partial charge in [0, 0.05) is 18.3 Å². The van der Waals surface area contributed by atoms with E-state index in [1.165, 1.54) is 12.8 Å². The fourth-order valence-corrected chi connectivity index (χ4v) is 3.53. The molecule has 16 heavy (non-hydrogen) atoms. The number of likely N-dealkylation sites (tertiary alicyclic amines) is 1. The molecule has 0 aromatic rings. The van der Waals surface area contributed by atoms with E-state index in [9.17, 15) is 8.76 Å². The van der Waals surface area contributed by atoms with Crippen LogP contribution in [0.25, 0.3) is 0 Å². The molecule has 4 atom stereocenters. The van der Waals surface area contributed by atoms with Crippen LogP contribution in [-0.4, -0.2) is 38.5 Å². The van der Waals surface area contributed by atoms with Crippen molar-refractivity contribution < 1.29 is 8.76 Å². The van der Waals surface area contributed by atoms with Crippen LogP contribution in [0.1, 0.15) is 40.0 Å². The third-order valence-electron chi connectivity index (χ3n) is 3.82. The van der Waals surface area contributed by atoms with Gasteiger partial charge >= 0.3 is 0 Å². The van der Waals surface area contributed by atoms with Gasteiger partial charge in [0.05, 0.1) is 0 Å². The van der Waals surface area contributed by atoms with E-state index < -0.39 is 11.1 Å². The van der Waals surface area contributed by atoms with Gasteiger partial charge in [-0.3, -0.25) is 4.21 Å². The van der Waals surface area contributed by atoms with E-state index in [2.05, 4.69) is 25.7 Å². The maximum Gasteiger partial charge on any atom is 0.0145 e. The molecule has 4 heteroatoms. The Morgan fingerprint density at radius 2 is 2.25 bits per heavy atom. The molecule has 0 saturated carbocycles. The van der Waals surface area contributed by atoms with Crippen LogP contribution in [-0.2, 0) is 11.1 Å². The van der Waals surface area contributed by atoms with Crippen LogP contribution < -0.4 is 0 Å². The topological polar surface area (TPSA) is 43.4 Å². The first-order valence-electron chi connectivity index (χ1n) is 6.34. The quantitative estimate of drug-likeness (QED) is 0.697. The lowest BCUT2D eigenvalue weighted by molar-refractivity contribution is 0.106. The number of rotatable bonds is 5. The zero-order valence-corrected chi connectivity index (χ0v) is 11.5. The minimum atomic E-state index is -1.91. The third-order valence-corrected chi connectivity index (χ3v) is 4.52. The van der Waals surface area contributed by atoms with E-state index in [0.717, 1.165) is 25.4 Å². The lowest BCUT2D eigenvalue weighted by atomic mass is 9.93. The predicted molar refractivity (Wildman–Crippen MR) is 67.0 cm³/mol. The highest BCUT2D eigenvalue weighted by Gasteiger charge is 2.25. The van der Waals surface area contributed by atoms with E-state index in [-0.39, 0.29) is 5.92 Å². The van der Waals surface area contributed by atoms with Crippen molar-refractivity contribution in [2.45, 2.75) is 46.1 Å². The summed E-state index contributed by atoms with van der Waals surface area (Å²) < 4.78 is 21.6. The fourth-order valence-electron chi connectivity index (χ4n) is 2.67. The van der Waals surface area contributed by atoms with Crippen LogP contribution in [0.15, 0.2) is 0 Å². The molecule has 0 bridgehead atoms. The lowest BCUT2D eigenvalue weighted by Gasteiger charge is -2.39. The van der Waals surface area contributed by atoms with E-state index in [4.69, 9.17) is 0 Å². The summed E-state index contributed by atoms with van der Waals surface area (Å²) in [5, 5.41) is 0. The summed E-state index contributed by atoms with van der Waals surface area (Å²) in [7, 11) is 0. The second kappa shape index (κ2) is 6.72. The van der Waals surface area contributed by atoms with Gasteiger partial charge in [-0.25, -0.2) is 0 Å². The summed E-state index contributed by atoms with van der Waals surface area (Å²) in [6.45, 7) is 8.81. The van der Waals surface area contributed by atoms with Crippen LogP contribution in [0.2, 0.25) is 0 Å². The molecular weight excluding hydrogens is 222 g/mol. The minimum absolute atomic E-state index is 0.281. The van der Waals surface area contributed by atoms with Crippen molar-refractivity contribution in [3.8, 4) is 0 Å². The maximum atomic E-state index is 10.8. The van der Waals surface area contributed by atoms with Crippen LogP contribution in [0, 0.1) is 11.8 Å². The molecule has 0 radical (unpaired) electrons. The first kappa shape index (κ1) is 14.1. The highest BCUT2D eigenvalue weighted by molar-refractivity contribution is 7.79. The van der Waals surface area contributed by atoms with Crippen LogP contribution >= 0.6 is 0 Å². The van der Waals surface area contributed by atoms with Gasteiger partial charge in [-0.1, -0.05) is 31.3 Å². The molecule has 1 saturated heterocycles. The average molecular weight is 246 g/mol. The molecule has 4 unspecified atom stereocenters. The molecule has 3 nitrogen and oxygen atoms in total. The summed E-state index contributed by atoms with van der Waals surface area (Å²) in [5.74, 6) is 1.35. The number of piperidine rings is 1. The fraction of sp³-hybridized carbons (Fsp3) is 1.00. The van der Waals surface area contributed by atoms with Gasteiger partial charge in [0.1, 0.15) is 0 Å². The Hall–Kier alpha value is 0.0700. The van der Waals surface area contributed by atoms with Gasteiger partial charge in [0.25, 0.3) is 0 Å². The summed E-state index contributed by atoms with van der Waals surface area (Å²) in [6, 6.07) is 0.394. The van der Waals surface area contributed by atoms with Gasteiger partial charge in [-0.15, -0.1) is 0 Å². The van der Waals surface area contributed by atoms with Crippen molar-refractivity contribution in [1.82, 2.24) is 4.90 Å². The Balaban J connectivity index is 2.52. The van der Waals surface area contributed by atoms with Crippen molar-refractivity contribution in [3.63, 3.8) is 0 Å². The Kier molecular flexibility index (Phi) is 5.94. The van der Waals surface area contributed by atoms with Crippen molar-refractivity contribution in [3.05, 3.63) is 0 Å². The molecule has 0 aliphatic carbocycles. The first-order valence-corrected chi connectivity index (χ1v) is 7.58. The molecule has 0 N–H and O–H groups in total. The zero-order chi connectivity index (χ0) is 12.1. The van der Waals surface area contributed by atoms with Crippen molar-refractivity contribution in [2.75, 3.05) is 18.8 Å². The number of hydrogen-bond donors (Lipinski definition) is 0. The highest BCUT2D eigenvalue weighted by atomic mass is 32.2. The van der Waals surface area contributed by atoms with Crippen molar-refractivity contribution in [1.29, 1.82) is 0 Å². The van der Waals surface area contributed by atoms with Crippen LogP contribution in [0.4, 0.5) is 0 Å². The van der Waals surface area contributed by atoms with E-state index >= 15 is 0 Å². The molecule has 1 aliphatic rings. The van der Waals surface area contributed by atoms with E-state index in [1.54, 1.807) is 0 Å². The molecule has 0 spiro atoms. The smallest absolute Gasteiger partial charge is 0.0145 e. The zero-order valence-electron chi connectivity index (χ0n) is 10.6. The summed E-state index contributed by atoms with van der Waals surface area (Å²) in [6.07, 6.45) is 3.51. The first-order chi connectivity index (χ1) is 7.54. The maximum absolute atomic E-state index is 10.8. The Bertz CT molecular complexity index is 235. The van der Waals surface area contributed by atoms with Crippen molar-refractivity contribution in [2.24, 2.45) is 11.8 Å². The Morgan fingerprint density at radius 3 is 2.75 bits per heavy atom. The largest absolute Gasteiger partial charge is 0.772 e. The Labute approximate surface area is 102 Å². The standard InChI is InChI=1S/C12H25NO2S/c1-4-12(9-16(14)15)11(3)13-7-5-6-10(2)8-13/h10-12H,4-9H2,1-3H3,(H,14,15)/p-1. The van der Waals surface area contributed by atoms with Gasteiger partial charge in [-0.05, 0) is 38.1 Å². The second-order valence-corrected chi connectivity index (χ2v) is 6.06. The normalized spacial score (nSPS) is 28.6. The van der Waals surface area contributed by atoms with Gasteiger partial charge < -0.3 is 9.45 Å². The van der Waals surface area contributed by atoms with Crippen LogP contribution in [0.3, 0.4) is 0 Å². The molecule has 1 heterocycles. The molecule has 0 aromatic heterocycles. The minimum Gasteiger partial charge on any atom is -0.772 e. The van der Waals surface area contributed by atoms with Crippen LogP contribution in [0.5, 0.6) is 0 Å². The molecule has 96 valence electrons. The molecular formula is C12H24NO2S-. The van der Waals surface area contributed by atoms with E-state index in [1.807, 2.05) is 0 Å². The molecule has 1 fully saturated rings. The van der Waals surface area contributed by atoms with Gasteiger partial charge in [0.15, 0.2) is 0 Å². The van der Waals surface area contributed by atoms with Crippen molar-refractivity contribution >= 4 is 11.1 Å². The molecule has 0 aromatic carbocycles. The highest BCUT2D eigenvalue weighted by Crippen LogP contribution is 2.23. The third kappa shape index (κ3) is 4.15. The Morgan fingerprint density at radius 1 is 1.56 bits per heavy atom.